The molecule has 10 heteroatoms. The molecule has 3 heterocycles. The number of amides is 2. The van der Waals surface area contributed by atoms with Gasteiger partial charge in [-0.15, -0.1) is 0 Å². The molecule has 0 aliphatic carbocycles. The molecule has 1 unspecified atom stereocenters. The van der Waals surface area contributed by atoms with Crippen LogP contribution in [0.1, 0.15) is 23.6 Å². The molecule has 2 aliphatic heterocycles. The van der Waals surface area contributed by atoms with Gasteiger partial charge in [0, 0.05) is 56.6 Å². The maximum atomic E-state index is 13.0. The second-order valence-corrected chi connectivity index (χ2v) is 6.93. The lowest BCUT2D eigenvalue weighted by atomic mass is 9.96. The Balaban J connectivity index is 1.40. The number of halogens is 3. The van der Waals surface area contributed by atoms with Gasteiger partial charge in [0.15, 0.2) is 0 Å². The normalized spacial score (nSPS) is 20.0. The van der Waals surface area contributed by atoms with E-state index < -0.39 is 11.7 Å². The van der Waals surface area contributed by atoms with Crippen LogP contribution in [0.3, 0.4) is 0 Å². The monoisotopic (exact) mass is 407 g/mol. The number of piperazine rings is 1. The average Bonchev–Trinajstić information content (AvgIpc) is 2.73. The third-order valence-corrected chi connectivity index (χ3v) is 5.18. The highest BCUT2D eigenvalue weighted by atomic mass is 19.4. The van der Waals surface area contributed by atoms with Crippen molar-refractivity contribution in [2.75, 3.05) is 38.1 Å². The van der Waals surface area contributed by atoms with Crippen LogP contribution >= 0.6 is 0 Å². The minimum Gasteiger partial charge on any atom is -0.493 e. The van der Waals surface area contributed by atoms with E-state index in [0.717, 1.165) is 17.7 Å². The number of ether oxygens (including phenoxy) is 1. The van der Waals surface area contributed by atoms with Gasteiger partial charge >= 0.3 is 12.2 Å². The largest absolute Gasteiger partial charge is 0.493 e. The third-order valence-electron chi connectivity index (χ3n) is 5.18. The molecule has 1 atom stereocenters. The molecule has 1 saturated heterocycles. The van der Waals surface area contributed by atoms with Crippen molar-refractivity contribution < 1.29 is 22.7 Å². The van der Waals surface area contributed by atoms with E-state index in [1.165, 1.54) is 6.07 Å². The first-order valence-corrected chi connectivity index (χ1v) is 9.33. The predicted molar refractivity (Wildman–Crippen MR) is 98.5 cm³/mol. The molecular formula is C19H20F3N5O2. The number of rotatable bonds is 2. The molecule has 0 bridgehead atoms. The summed E-state index contributed by atoms with van der Waals surface area (Å²) in [4.78, 5) is 24.2. The van der Waals surface area contributed by atoms with Crippen LogP contribution in [0.5, 0.6) is 5.75 Å². The SMILES string of the molecule is O=C(Nc1ncccn1)N1CCN(C2CCOc3cc(C(F)(F)F)ccc32)CC1. The van der Waals surface area contributed by atoms with Crippen molar-refractivity contribution in [3.05, 3.63) is 47.8 Å². The van der Waals surface area contributed by atoms with E-state index in [-0.39, 0.29) is 23.8 Å². The van der Waals surface area contributed by atoms with Gasteiger partial charge < -0.3 is 9.64 Å². The molecule has 1 aromatic heterocycles. The van der Waals surface area contributed by atoms with Crippen LogP contribution in [0.25, 0.3) is 0 Å². The van der Waals surface area contributed by atoms with E-state index >= 15 is 0 Å². The maximum Gasteiger partial charge on any atom is 0.416 e. The highest BCUT2D eigenvalue weighted by Crippen LogP contribution is 2.40. The summed E-state index contributed by atoms with van der Waals surface area (Å²) in [6.45, 7) is 2.62. The Labute approximate surface area is 165 Å². The molecule has 154 valence electrons. The van der Waals surface area contributed by atoms with Gasteiger partial charge in [-0.3, -0.25) is 10.2 Å². The Morgan fingerprint density at radius 1 is 1.14 bits per heavy atom. The number of alkyl halides is 3. The topological polar surface area (TPSA) is 70.6 Å². The number of carbonyl (C=O) groups is 1. The highest BCUT2D eigenvalue weighted by molar-refractivity contribution is 5.87. The first-order chi connectivity index (χ1) is 13.9. The minimum absolute atomic E-state index is 0.0244. The second kappa shape index (κ2) is 7.86. The zero-order chi connectivity index (χ0) is 20.4. The molecular weight excluding hydrogens is 387 g/mol. The summed E-state index contributed by atoms with van der Waals surface area (Å²) >= 11 is 0. The average molecular weight is 407 g/mol. The number of carbonyl (C=O) groups excluding carboxylic acids is 1. The van der Waals surface area contributed by atoms with Crippen LogP contribution in [0, 0.1) is 0 Å². The second-order valence-electron chi connectivity index (χ2n) is 6.93. The smallest absolute Gasteiger partial charge is 0.416 e. The number of hydrogen-bond donors (Lipinski definition) is 1. The fraction of sp³-hybridized carbons (Fsp3) is 0.421. The number of urea groups is 1. The molecule has 7 nitrogen and oxygen atoms in total. The first kappa shape index (κ1) is 19.4. The van der Waals surface area contributed by atoms with E-state index in [1.54, 1.807) is 23.4 Å². The molecule has 1 fully saturated rings. The molecule has 1 aromatic carbocycles. The fourth-order valence-electron chi connectivity index (χ4n) is 3.70. The zero-order valence-electron chi connectivity index (χ0n) is 15.5. The molecule has 0 spiro atoms. The molecule has 29 heavy (non-hydrogen) atoms. The van der Waals surface area contributed by atoms with Crippen LogP contribution in [0.15, 0.2) is 36.7 Å². The van der Waals surface area contributed by atoms with Gasteiger partial charge in [-0.25, -0.2) is 14.8 Å². The molecule has 2 amide bonds. The molecule has 2 aliphatic rings. The van der Waals surface area contributed by atoms with Gasteiger partial charge in [-0.1, -0.05) is 6.07 Å². The standard InChI is InChI=1S/C19H20F3N5O2/c20-19(21,22)13-2-3-14-15(4-11-29-16(14)12-13)26-7-9-27(10-8-26)18(28)25-17-23-5-1-6-24-17/h1-3,5-6,12,15H,4,7-11H2,(H,23,24,25,28). The number of anilines is 1. The lowest BCUT2D eigenvalue weighted by Crippen LogP contribution is -2.51. The number of fused-ring (bicyclic) bond motifs is 1. The summed E-state index contributed by atoms with van der Waals surface area (Å²) in [7, 11) is 0. The number of aromatic nitrogens is 2. The van der Waals surface area contributed by atoms with Gasteiger partial charge in [0.2, 0.25) is 5.95 Å². The van der Waals surface area contributed by atoms with Crippen molar-refractivity contribution >= 4 is 12.0 Å². The summed E-state index contributed by atoms with van der Waals surface area (Å²) in [6, 6.07) is 5.06. The molecule has 2 aromatic rings. The van der Waals surface area contributed by atoms with Gasteiger partial charge in [0.25, 0.3) is 0 Å². The summed E-state index contributed by atoms with van der Waals surface area (Å²) in [6.07, 6.45) is -0.601. The van der Waals surface area contributed by atoms with Crippen molar-refractivity contribution in [2.45, 2.75) is 18.6 Å². The summed E-state index contributed by atoms with van der Waals surface area (Å²) in [5.41, 5.74) is 0.0568. The van der Waals surface area contributed by atoms with Gasteiger partial charge in [-0.05, 0) is 18.2 Å². The minimum atomic E-state index is -4.40. The zero-order valence-corrected chi connectivity index (χ0v) is 15.5. The van der Waals surface area contributed by atoms with Gasteiger partial charge in [0.1, 0.15) is 5.75 Å². The fourth-order valence-corrected chi connectivity index (χ4v) is 3.70. The van der Waals surface area contributed by atoms with Crippen molar-refractivity contribution in [2.24, 2.45) is 0 Å². The Bertz CT molecular complexity index is 870. The van der Waals surface area contributed by atoms with E-state index in [2.05, 4.69) is 20.2 Å². The third kappa shape index (κ3) is 4.26. The van der Waals surface area contributed by atoms with Crippen LogP contribution in [-0.2, 0) is 6.18 Å². The first-order valence-electron chi connectivity index (χ1n) is 9.33. The van der Waals surface area contributed by atoms with Crippen LogP contribution in [-0.4, -0.2) is 58.6 Å². The van der Waals surface area contributed by atoms with Gasteiger partial charge in [0.05, 0.1) is 12.2 Å². The van der Waals surface area contributed by atoms with E-state index in [0.29, 0.717) is 39.2 Å². The van der Waals surface area contributed by atoms with Crippen LogP contribution < -0.4 is 10.1 Å². The maximum absolute atomic E-state index is 13.0. The molecule has 4 rings (SSSR count). The number of benzene rings is 1. The predicted octanol–water partition coefficient (Wildman–Crippen LogP) is 3.17. The summed E-state index contributed by atoms with van der Waals surface area (Å²) < 4.78 is 44.4. The lowest BCUT2D eigenvalue weighted by Gasteiger charge is -2.41. The summed E-state index contributed by atoms with van der Waals surface area (Å²) in [5.74, 6) is 0.538. The number of hydrogen-bond acceptors (Lipinski definition) is 5. The van der Waals surface area contributed by atoms with Crippen molar-refractivity contribution in [3.63, 3.8) is 0 Å². The van der Waals surface area contributed by atoms with Crippen molar-refractivity contribution in [1.29, 1.82) is 0 Å². The number of nitrogens with zero attached hydrogens (tertiary/aromatic N) is 4. The van der Waals surface area contributed by atoms with Crippen LogP contribution in [0.4, 0.5) is 23.9 Å². The van der Waals surface area contributed by atoms with Crippen molar-refractivity contribution in [1.82, 2.24) is 19.8 Å². The number of nitrogens with one attached hydrogen (secondary N) is 1. The Morgan fingerprint density at radius 2 is 1.86 bits per heavy atom. The molecule has 1 N–H and O–H groups in total. The van der Waals surface area contributed by atoms with E-state index in [1.807, 2.05) is 0 Å². The Morgan fingerprint density at radius 3 is 2.55 bits per heavy atom. The Kier molecular flexibility index (Phi) is 5.27. The van der Waals surface area contributed by atoms with Crippen LogP contribution in [0.2, 0.25) is 0 Å². The lowest BCUT2D eigenvalue weighted by molar-refractivity contribution is -0.137. The van der Waals surface area contributed by atoms with Gasteiger partial charge in [-0.2, -0.15) is 13.2 Å². The molecule has 0 saturated carbocycles. The van der Waals surface area contributed by atoms with E-state index in [9.17, 15) is 18.0 Å². The molecule has 0 radical (unpaired) electrons. The summed E-state index contributed by atoms with van der Waals surface area (Å²) in [5, 5.41) is 2.66. The van der Waals surface area contributed by atoms with E-state index in [4.69, 9.17) is 4.74 Å². The highest BCUT2D eigenvalue weighted by Gasteiger charge is 2.35. The quantitative estimate of drug-likeness (QED) is 0.828. The van der Waals surface area contributed by atoms with Crippen molar-refractivity contribution in [3.8, 4) is 5.75 Å². The Hall–Kier alpha value is -2.88.